The Bertz CT molecular complexity index is 266. The number of aliphatic hydroxyl groups excluding tert-OH is 1. The van der Waals surface area contributed by atoms with E-state index in [1.54, 1.807) is 0 Å². The lowest BCUT2D eigenvalue weighted by atomic mass is 10.2. The zero-order valence-electron chi connectivity index (χ0n) is 6.86. The standard InChI is InChI=1S/C10H12O2/c11-7-8-2-1-3-10(6-8)12-9-4-5-9/h1-3,6,9,11H,4-5,7H2. The lowest BCUT2D eigenvalue weighted by Crippen LogP contribution is -1.96. The van der Waals surface area contributed by atoms with Crippen LogP contribution in [0.15, 0.2) is 24.3 Å². The number of hydrogen-bond donors (Lipinski definition) is 1. The minimum atomic E-state index is 0.0852. The molecule has 1 aromatic rings. The van der Waals surface area contributed by atoms with Gasteiger partial charge in [-0.15, -0.1) is 0 Å². The molecular weight excluding hydrogens is 152 g/mol. The summed E-state index contributed by atoms with van der Waals surface area (Å²) in [5.74, 6) is 0.879. The van der Waals surface area contributed by atoms with Crippen LogP contribution in [0.5, 0.6) is 5.75 Å². The highest BCUT2D eigenvalue weighted by Crippen LogP contribution is 2.26. The van der Waals surface area contributed by atoms with Crippen molar-refractivity contribution in [2.75, 3.05) is 0 Å². The molecule has 0 radical (unpaired) electrons. The fourth-order valence-corrected chi connectivity index (χ4v) is 1.10. The first-order valence-corrected chi connectivity index (χ1v) is 4.25. The minimum Gasteiger partial charge on any atom is -0.490 e. The number of rotatable bonds is 3. The quantitative estimate of drug-likeness (QED) is 0.737. The van der Waals surface area contributed by atoms with Crippen molar-refractivity contribution in [1.82, 2.24) is 0 Å². The number of aliphatic hydroxyl groups is 1. The van der Waals surface area contributed by atoms with Crippen molar-refractivity contribution < 1.29 is 9.84 Å². The second kappa shape index (κ2) is 3.15. The van der Waals surface area contributed by atoms with Crippen LogP contribution < -0.4 is 4.74 Å². The predicted octanol–water partition coefficient (Wildman–Crippen LogP) is 1.72. The van der Waals surface area contributed by atoms with E-state index in [4.69, 9.17) is 9.84 Å². The predicted molar refractivity (Wildman–Crippen MR) is 46.0 cm³/mol. The highest BCUT2D eigenvalue weighted by atomic mass is 16.5. The molecule has 1 aliphatic rings. The van der Waals surface area contributed by atoms with Gasteiger partial charge in [-0.2, -0.15) is 0 Å². The molecular formula is C10H12O2. The molecule has 2 heteroatoms. The van der Waals surface area contributed by atoms with Gasteiger partial charge in [0.25, 0.3) is 0 Å². The summed E-state index contributed by atoms with van der Waals surface area (Å²) >= 11 is 0. The van der Waals surface area contributed by atoms with E-state index in [2.05, 4.69) is 0 Å². The highest BCUT2D eigenvalue weighted by Gasteiger charge is 2.23. The number of ether oxygens (including phenoxy) is 1. The average molecular weight is 164 g/mol. The van der Waals surface area contributed by atoms with E-state index in [1.807, 2.05) is 24.3 Å². The molecule has 2 nitrogen and oxygen atoms in total. The van der Waals surface area contributed by atoms with Crippen LogP contribution in [-0.2, 0) is 6.61 Å². The normalized spacial score (nSPS) is 16.1. The van der Waals surface area contributed by atoms with Crippen molar-refractivity contribution in [2.45, 2.75) is 25.6 Å². The Morgan fingerprint density at radius 3 is 2.92 bits per heavy atom. The smallest absolute Gasteiger partial charge is 0.120 e. The largest absolute Gasteiger partial charge is 0.490 e. The Morgan fingerprint density at radius 2 is 2.25 bits per heavy atom. The lowest BCUT2D eigenvalue weighted by molar-refractivity contribution is 0.277. The Balaban J connectivity index is 2.08. The van der Waals surface area contributed by atoms with Gasteiger partial charge in [0.05, 0.1) is 12.7 Å². The monoisotopic (exact) mass is 164 g/mol. The van der Waals surface area contributed by atoms with Gasteiger partial charge in [-0.25, -0.2) is 0 Å². The molecule has 1 fully saturated rings. The molecule has 2 rings (SSSR count). The second-order valence-corrected chi connectivity index (χ2v) is 3.12. The van der Waals surface area contributed by atoms with Crippen molar-refractivity contribution in [3.05, 3.63) is 29.8 Å². The Morgan fingerprint density at radius 1 is 1.42 bits per heavy atom. The molecule has 0 unspecified atom stereocenters. The first kappa shape index (κ1) is 7.62. The molecule has 0 aliphatic heterocycles. The molecule has 0 bridgehead atoms. The SMILES string of the molecule is OCc1cccc(OC2CC2)c1. The van der Waals surface area contributed by atoms with E-state index < -0.39 is 0 Å². The molecule has 1 aliphatic carbocycles. The average Bonchev–Trinajstić information content (AvgIpc) is 2.89. The molecule has 12 heavy (non-hydrogen) atoms. The number of hydrogen-bond acceptors (Lipinski definition) is 2. The Labute approximate surface area is 71.8 Å². The van der Waals surface area contributed by atoms with Gasteiger partial charge in [0.2, 0.25) is 0 Å². The summed E-state index contributed by atoms with van der Waals surface area (Å²) in [5.41, 5.74) is 0.910. The minimum absolute atomic E-state index is 0.0852. The molecule has 0 spiro atoms. The van der Waals surface area contributed by atoms with Crippen molar-refractivity contribution in [3.63, 3.8) is 0 Å². The van der Waals surface area contributed by atoms with Gasteiger partial charge >= 0.3 is 0 Å². The highest BCUT2D eigenvalue weighted by molar-refractivity contribution is 5.28. The fraction of sp³-hybridized carbons (Fsp3) is 0.400. The lowest BCUT2D eigenvalue weighted by Gasteiger charge is -2.04. The second-order valence-electron chi connectivity index (χ2n) is 3.12. The maximum absolute atomic E-state index is 8.86. The van der Waals surface area contributed by atoms with Crippen LogP contribution in [0.1, 0.15) is 18.4 Å². The van der Waals surface area contributed by atoms with Crippen molar-refractivity contribution in [3.8, 4) is 5.75 Å². The molecule has 0 aromatic heterocycles. The zero-order valence-corrected chi connectivity index (χ0v) is 6.86. The van der Waals surface area contributed by atoms with Gasteiger partial charge in [-0.1, -0.05) is 12.1 Å². The fourth-order valence-electron chi connectivity index (χ4n) is 1.10. The van der Waals surface area contributed by atoms with Crippen molar-refractivity contribution in [2.24, 2.45) is 0 Å². The molecule has 64 valence electrons. The summed E-state index contributed by atoms with van der Waals surface area (Å²) < 4.78 is 5.56. The van der Waals surface area contributed by atoms with Crippen molar-refractivity contribution >= 4 is 0 Å². The molecule has 0 heterocycles. The van der Waals surface area contributed by atoms with E-state index in [0.29, 0.717) is 6.10 Å². The van der Waals surface area contributed by atoms with Crippen LogP contribution >= 0.6 is 0 Å². The number of benzene rings is 1. The zero-order chi connectivity index (χ0) is 8.39. The summed E-state index contributed by atoms with van der Waals surface area (Å²) in [6, 6.07) is 7.61. The van der Waals surface area contributed by atoms with Crippen LogP contribution in [0.3, 0.4) is 0 Å². The van der Waals surface area contributed by atoms with E-state index in [0.717, 1.165) is 11.3 Å². The third-order valence-electron chi connectivity index (χ3n) is 1.91. The molecule has 0 amide bonds. The Hall–Kier alpha value is -1.02. The van der Waals surface area contributed by atoms with E-state index in [9.17, 15) is 0 Å². The molecule has 1 N–H and O–H groups in total. The van der Waals surface area contributed by atoms with E-state index in [1.165, 1.54) is 12.8 Å². The maximum Gasteiger partial charge on any atom is 0.120 e. The van der Waals surface area contributed by atoms with Gasteiger partial charge in [0.15, 0.2) is 0 Å². The summed E-state index contributed by atoms with van der Waals surface area (Å²) in [6.07, 6.45) is 2.77. The molecule has 1 aromatic carbocycles. The molecule has 0 atom stereocenters. The van der Waals surface area contributed by atoms with Gasteiger partial charge in [0, 0.05) is 0 Å². The van der Waals surface area contributed by atoms with Gasteiger partial charge < -0.3 is 9.84 Å². The third-order valence-corrected chi connectivity index (χ3v) is 1.91. The first-order valence-electron chi connectivity index (χ1n) is 4.25. The summed E-state index contributed by atoms with van der Waals surface area (Å²) in [5, 5.41) is 8.86. The van der Waals surface area contributed by atoms with Crippen LogP contribution in [0.4, 0.5) is 0 Å². The van der Waals surface area contributed by atoms with Gasteiger partial charge in [-0.3, -0.25) is 0 Å². The van der Waals surface area contributed by atoms with Gasteiger partial charge in [-0.05, 0) is 30.5 Å². The van der Waals surface area contributed by atoms with Crippen molar-refractivity contribution in [1.29, 1.82) is 0 Å². The van der Waals surface area contributed by atoms with Crippen LogP contribution in [0.2, 0.25) is 0 Å². The summed E-state index contributed by atoms with van der Waals surface area (Å²) in [6.45, 7) is 0.0852. The van der Waals surface area contributed by atoms with Gasteiger partial charge in [0.1, 0.15) is 5.75 Å². The summed E-state index contributed by atoms with van der Waals surface area (Å²) in [4.78, 5) is 0. The van der Waals surface area contributed by atoms with E-state index >= 15 is 0 Å². The Kier molecular flexibility index (Phi) is 2.00. The van der Waals surface area contributed by atoms with E-state index in [-0.39, 0.29) is 6.61 Å². The van der Waals surface area contributed by atoms with Crippen LogP contribution in [-0.4, -0.2) is 11.2 Å². The molecule has 1 saturated carbocycles. The topological polar surface area (TPSA) is 29.5 Å². The van der Waals surface area contributed by atoms with Crippen LogP contribution in [0.25, 0.3) is 0 Å². The third kappa shape index (κ3) is 1.77. The summed E-state index contributed by atoms with van der Waals surface area (Å²) in [7, 11) is 0. The maximum atomic E-state index is 8.86. The van der Waals surface area contributed by atoms with Crippen LogP contribution in [0, 0.1) is 0 Å². The molecule has 0 saturated heterocycles. The first-order chi connectivity index (χ1) is 5.88.